The second-order valence-corrected chi connectivity index (χ2v) is 39.9. The van der Waals surface area contributed by atoms with Crippen molar-refractivity contribution in [3.05, 3.63) is 0 Å². The average Bonchev–Trinajstić information content (AvgIpc) is 0.727. The number of barbiturate groups is 1. The van der Waals surface area contributed by atoms with Gasteiger partial charge in [-0.25, -0.2) is 44.3 Å². The van der Waals surface area contributed by atoms with E-state index in [0.29, 0.717) is 91.0 Å². The molecule has 0 aromatic carbocycles. The molecular weight excluding hydrogens is 1250 g/mol. The number of nitrogens with one attached hydrogen (secondary N) is 3. The molecule has 1 aliphatic heterocycles. The van der Waals surface area contributed by atoms with E-state index < -0.39 is 52.1 Å². The number of rotatable bonds is 25. The molecule has 6 amide bonds. The minimum atomic E-state index is -1.09. The molecule has 0 radical (unpaired) electrons. The quantitative estimate of drug-likeness (QED) is 0.0256. The molecule has 1 saturated heterocycles. The van der Waals surface area contributed by atoms with Crippen LogP contribution in [0.1, 0.15) is 287 Å². The number of amides is 6. The van der Waals surface area contributed by atoms with Crippen molar-refractivity contribution in [2.75, 3.05) is 52.5 Å². The Morgan fingerprint density at radius 3 is 1.04 bits per heavy atom. The first kappa shape index (κ1) is 81.0. The molecule has 6 saturated carbocycles. The number of ether oxygens (including phenoxy) is 2. The Labute approximate surface area is 596 Å². The van der Waals surface area contributed by atoms with E-state index in [2.05, 4.69) is 173 Å². The summed E-state index contributed by atoms with van der Waals surface area (Å²) in [6, 6.07) is 7.66. The first-order chi connectivity index (χ1) is 45.7. The number of hydrogen-bond donors (Lipinski definition) is 3. The first-order valence-electron chi connectivity index (χ1n) is 38.0. The Bertz CT molecular complexity index is 2940. The van der Waals surface area contributed by atoms with Crippen LogP contribution in [0.15, 0.2) is 30.0 Å². The van der Waals surface area contributed by atoms with E-state index in [1.165, 1.54) is 6.92 Å². The van der Waals surface area contributed by atoms with Gasteiger partial charge in [-0.15, -0.1) is 0 Å². The first-order valence-corrected chi connectivity index (χ1v) is 38.0. The summed E-state index contributed by atoms with van der Waals surface area (Å²) in [7, 11) is 0. The third-order valence-electron chi connectivity index (χ3n) is 22.9. The van der Waals surface area contributed by atoms with E-state index >= 15 is 14.4 Å². The molecule has 20 nitrogen and oxygen atoms in total. The highest BCUT2D eigenvalue weighted by Gasteiger charge is 2.60. The van der Waals surface area contributed by atoms with Gasteiger partial charge in [-0.3, -0.25) is 24.2 Å². The number of urea groups is 1. The monoisotopic (exact) mass is 1380 g/mol. The Kier molecular flexibility index (Phi) is 26.0. The lowest BCUT2D eigenvalue weighted by Crippen LogP contribution is -2.68. The van der Waals surface area contributed by atoms with Crippen molar-refractivity contribution < 1.29 is 43.1 Å². The van der Waals surface area contributed by atoms with Crippen LogP contribution in [-0.2, 0) is 28.7 Å². The van der Waals surface area contributed by atoms with Crippen LogP contribution >= 0.6 is 0 Å². The topological polar surface area (TPSA) is 247 Å². The fourth-order valence-electron chi connectivity index (χ4n) is 21.9. The minimum Gasteiger partial charge on any atom is -0.450 e. The number of imide groups is 2. The lowest BCUT2D eigenvalue weighted by molar-refractivity contribution is -0.161. The van der Waals surface area contributed by atoms with Crippen molar-refractivity contribution in [2.24, 2.45) is 107 Å². The fraction of sp³-hybridized carbons (Fsp3) is 0.886. The Balaban J connectivity index is 1.16. The molecule has 0 aromatic rings. The van der Waals surface area contributed by atoms with E-state index in [4.69, 9.17) is 44.3 Å². The molecule has 3 N–H and O–H groups in total. The van der Waals surface area contributed by atoms with Gasteiger partial charge in [0, 0.05) is 37.1 Å². The van der Waals surface area contributed by atoms with Crippen LogP contribution in [0.25, 0.3) is 0 Å². The zero-order chi connectivity index (χ0) is 73.5. The Morgan fingerprint density at radius 2 is 0.707 bits per heavy atom. The van der Waals surface area contributed by atoms with Gasteiger partial charge >= 0.3 is 24.2 Å². The molecular formula is C79H133N11O9. The SMILES string of the molecule is CCCCOC(=O)NC1CC(C)(C)CC(C)(CN=C=NCC2(C)CC(C3C(=O)N(C4CC(C)(C)CC(C)(CN=C=NCC5(C)CC(NOC(C)=O)CC(C)(C)C5)C4)C(=O)N(C4CC(C)(C)CC(C)(CN=C=NCC5(C)CC(NC(=O)OCCCC)CC(C)(C)C5)C4)C3=O)CC(C)(C)C2)C1. The molecule has 1 heterocycles. The number of carbonyl (C=O) groups is 6. The van der Waals surface area contributed by atoms with Crippen LogP contribution in [0.3, 0.4) is 0 Å². The molecule has 7 fully saturated rings. The molecule has 99 heavy (non-hydrogen) atoms. The summed E-state index contributed by atoms with van der Waals surface area (Å²) in [6.07, 6.45) is 16.2. The number of hydroxylamine groups is 1. The average molecular weight is 1380 g/mol. The van der Waals surface area contributed by atoms with Gasteiger partial charge in [-0.1, -0.05) is 151 Å². The summed E-state index contributed by atoms with van der Waals surface area (Å²) in [5, 5.41) is 6.29. The van der Waals surface area contributed by atoms with E-state index in [9.17, 15) is 14.4 Å². The van der Waals surface area contributed by atoms with Gasteiger partial charge in [0.2, 0.25) is 11.8 Å². The van der Waals surface area contributed by atoms with Crippen LogP contribution in [0.5, 0.6) is 0 Å². The van der Waals surface area contributed by atoms with Gasteiger partial charge in [-0.2, -0.15) is 5.48 Å². The van der Waals surface area contributed by atoms with Crippen molar-refractivity contribution in [2.45, 2.75) is 317 Å². The van der Waals surface area contributed by atoms with Crippen molar-refractivity contribution in [1.29, 1.82) is 0 Å². The van der Waals surface area contributed by atoms with Crippen LogP contribution in [0.2, 0.25) is 0 Å². The predicted octanol–water partition coefficient (Wildman–Crippen LogP) is 16.8. The molecule has 0 aromatic heterocycles. The Hall–Kier alpha value is -5.28. The molecule has 20 heteroatoms. The normalized spacial score (nSPS) is 35.2. The fourth-order valence-corrected chi connectivity index (χ4v) is 21.9. The standard InChI is InChI=1S/C79H133N11O9/c1-22-24-26-97-65(94)86-57-30-69(6,7)41-75(17,33-57)47-81-52-80-46-74(16)29-56(28-68(4,5)40-74)62-63(92)89(60-36-72(12,13)44-78(20,38-60)50-84-53-82-48-76(18)34-58(31-70(8,9)42-76)87-66(95)98-27-25-23-2)67(96)90(64(62)93)61-37-73(14,15)45-79(21,39-61)51-85-54-83-49-77(19)35-59(88-99-55(3)91)32-71(10,11)43-77/h56-62,88H,22-51H2,1-21H3,(H,86,94)(H,87,95). The van der Waals surface area contributed by atoms with Crippen LogP contribution < -0.4 is 16.1 Å². The second-order valence-electron chi connectivity index (χ2n) is 39.9. The van der Waals surface area contributed by atoms with Crippen LogP contribution in [0.4, 0.5) is 14.4 Å². The zero-order valence-corrected chi connectivity index (χ0v) is 65.5. The molecule has 0 spiro atoms. The third-order valence-corrected chi connectivity index (χ3v) is 22.9. The molecule has 13 unspecified atom stereocenters. The van der Waals surface area contributed by atoms with E-state index in [-0.39, 0.29) is 90.9 Å². The highest BCUT2D eigenvalue weighted by Crippen LogP contribution is 2.56. The van der Waals surface area contributed by atoms with Crippen molar-refractivity contribution in [3.63, 3.8) is 0 Å². The van der Waals surface area contributed by atoms with Crippen molar-refractivity contribution >= 4 is 54.0 Å². The van der Waals surface area contributed by atoms with Gasteiger partial charge in [-0.05, 0) is 199 Å². The molecule has 7 rings (SSSR count). The molecule has 6 aliphatic carbocycles. The highest BCUT2D eigenvalue weighted by atomic mass is 16.7. The summed E-state index contributed by atoms with van der Waals surface area (Å²) < 4.78 is 11.0. The highest BCUT2D eigenvalue weighted by molar-refractivity contribution is 6.16. The Morgan fingerprint density at radius 1 is 0.414 bits per heavy atom. The van der Waals surface area contributed by atoms with Crippen LogP contribution in [0, 0.1) is 76.8 Å². The lowest BCUT2D eigenvalue weighted by Gasteiger charge is -2.55. The van der Waals surface area contributed by atoms with Gasteiger partial charge in [0.25, 0.3) is 0 Å². The summed E-state index contributed by atoms with van der Waals surface area (Å²) in [5.74, 6) is -2.64. The van der Waals surface area contributed by atoms with E-state index in [1.54, 1.807) is 9.80 Å². The van der Waals surface area contributed by atoms with E-state index in [1.807, 2.05) is 0 Å². The zero-order valence-electron chi connectivity index (χ0n) is 65.5. The number of nitrogens with zero attached hydrogens (tertiary/aromatic N) is 8. The lowest BCUT2D eigenvalue weighted by atomic mass is 9.57. The molecule has 0 bridgehead atoms. The smallest absolute Gasteiger partial charge is 0.407 e. The van der Waals surface area contributed by atoms with Crippen molar-refractivity contribution in [3.8, 4) is 0 Å². The molecule has 13 atom stereocenters. The second kappa shape index (κ2) is 31.8. The number of hydrogen-bond acceptors (Lipinski definition) is 16. The van der Waals surface area contributed by atoms with Gasteiger partial charge in [0.1, 0.15) is 5.92 Å². The van der Waals surface area contributed by atoms with E-state index in [0.717, 1.165) is 103 Å². The van der Waals surface area contributed by atoms with Crippen molar-refractivity contribution in [1.82, 2.24) is 25.9 Å². The maximum atomic E-state index is 16.1. The molecule has 558 valence electrons. The van der Waals surface area contributed by atoms with Gasteiger partial charge < -0.3 is 24.9 Å². The summed E-state index contributed by atoms with van der Waals surface area (Å²) in [5.41, 5.74) is 0.165. The maximum Gasteiger partial charge on any atom is 0.407 e. The number of carbonyl (C=O) groups excluding carboxylic acids is 6. The minimum absolute atomic E-state index is 0.00150. The van der Waals surface area contributed by atoms with Gasteiger partial charge in [0.05, 0.1) is 70.5 Å². The summed E-state index contributed by atoms with van der Waals surface area (Å²) in [6.45, 7) is 49.2. The number of alkyl carbamates (subject to hydrolysis) is 2. The number of aliphatic imine (C=N–C) groups is 6. The third kappa shape index (κ3) is 23.6. The molecule has 7 aliphatic rings. The summed E-state index contributed by atoms with van der Waals surface area (Å²) in [4.78, 5) is 123. The number of unbranched alkanes of at least 4 members (excludes halogenated alkanes) is 2. The predicted molar refractivity (Wildman–Crippen MR) is 392 cm³/mol. The summed E-state index contributed by atoms with van der Waals surface area (Å²) >= 11 is 0. The maximum absolute atomic E-state index is 16.1. The van der Waals surface area contributed by atoms with Gasteiger partial charge in [0.15, 0.2) is 0 Å². The van der Waals surface area contributed by atoms with Crippen LogP contribution in [-0.4, -0.2) is 147 Å². The largest absolute Gasteiger partial charge is 0.450 e.